The number of benzene rings is 1. The van der Waals surface area contributed by atoms with Crippen molar-refractivity contribution < 1.29 is 30.7 Å². The number of pyridine rings is 2. The van der Waals surface area contributed by atoms with Gasteiger partial charge in [-0.3, -0.25) is 4.40 Å². The molecule has 8 nitrogen and oxygen atoms in total. The second-order valence-electron chi connectivity index (χ2n) is 8.43. The van der Waals surface area contributed by atoms with Gasteiger partial charge in [-0.15, -0.1) is 0 Å². The average molecular weight is 570 g/mol. The van der Waals surface area contributed by atoms with Gasteiger partial charge in [-0.2, -0.15) is 13.2 Å². The molecular formula is C24H20ClF4N5O3S. The zero-order valence-electron chi connectivity index (χ0n) is 19.6. The molecule has 0 aliphatic carbocycles. The Balaban J connectivity index is 1.56. The van der Waals surface area contributed by atoms with Crippen LogP contribution in [0.4, 0.5) is 29.2 Å². The number of nitrogens with zero attached hydrogens (tertiary/aromatic N) is 5. The standard InChI is InChI=1S/C24H20ClF4N5O3S/c25-22-23(31-21-3-1-2-8-33(21)22)34(15-16-4-6-18(19(26)13-16)24(27,28)29)38(35,36)17-5-7-20(30-14-17)32-9-11-37-12-10-32/h1-8,13-14H,9-12,15H2. The maximum atomic E-state index is 14.3. The van der Waals surface area contributed by atoms with E-state index in [1.807, 2.05) is 4.90 Å². The Kier molecular flexibility index (Phi) is 6.92. The van der Waals surface area contributed by atoms with Gasteiger partial charge in [-0.25, -0.2) is 27.1 Å². The van der Waals surface area contributed by atoms with Crippen LogP contribution in [-0.2, 0) is 27.5 Å². The Morgan fingerprint density at radius 2 is 1.84 bits per heavy atom. The van der Waals surface area contributed by atoms with Crippen LogP contribution in [-0.4, -0.2) is 49.1 Å². The Hall–Kier alpha value is -3.42. The lowest BCUT2D eigenvalue weighted by Crippen LogP contribution is -2.36. The molecule has 4 heterocycles. The van der Waals surface area contributed by atoms with E-state index in [9.17, 15) is 26.0 Å². The van der Waals surface area contributed by atoms with E-state index in [1.165, 1.54) is 16.7 Å². The van der Waals surface area contributed by atoms with Crippen LogP contribution < -0.4 is 9.21 Å². The zero-order valence-corrected chi connectivity index (χ0v) is 21.1. The number of hydrogen-bond acceptors (Lipinski definition) is 6. The number of alkyl halides is 3. The zero-order chi connectivity index (χ0) is 27.1. The third-order valence-corrected chi connectivity index (χ3v) is 8.07. The Labute approximate surface area is 220 Å². The molecule has 0 saturated carbocycles. The summed E-state index contributed by atoms with van der Waals surface area (Å²) in [6.45, 7) is 1.70. The minimum Gasteiger partial charge on any atom is -0.378 e. The molecule has 0 N–H and O–H groups in total. The molecule has 0 radical (unpaired) electrons. The average Bonchev–Trinajstić information content (AvgIpc) is 3.23. The lowest BCUT2D eigenvalue weighted by atomic mass is 10.1. The summed E-state index contributed by atoms with van der Waals surface area (Å²) in [6.07, 6.45) is -2.13. The van der Waals surface area contributed by atoms with Crippen molar-refractivity contribution in [1.29, 1.82) is 0 Å². The van der Waals surface area contributed by atoms with Crippen LogP contribution in [0.15, 0.2) is 65.8 Å². The van der Waals surface area contributed by atoms with Gasteiger partial charge < -0.3 is 9.64 Å². The highest BCUT2D eigenvalue weighted by Crippen LogP contribution is 2.35. The summed E-state index contributed by atoms with van der Waals surface area (Å²) in [4.78, 5) is 10.4. The van der Waals surface area contributed by atoms with E-state index in [0.717, 1.165) is 10.4 Å². The number of ether oxygens (including phenoxy) is 1. The number of anilines is 2. The lowest BCUT2D eigenvalue weighted by Gasteiger charge is -2.28. The van der Waals surface area contributed by atoms with Gasteiger partial charge in [0.15, 0.2) is 11.0 Å². The number of aromatic nitrogens is 3. The van der Waals surface area contributed by atoms with Crippen LogP contribution in [0.1, 0.15) is 11.1 Å². The molecule has 1 aliphatic heterocycles. The first-order valence-electron chi connectivity index (χ1n) is 11.4. The monoisotopic (exact) mass is 569 g/mol. The van der Waals surface area contributed by atoms with Gasteiger partial charge in [0, 0.05) is 25.5 Å². The minimum atomic E-state index is -4.90. The largest absolute Gasteiger partial charge is 0.419 e. The molecule has 0 amide bonds. The van der Waals surface area contributed by atoms with Crippen LogP contribution in [0, 0.1) is 5.82 Å². The molecule has 14 heteroatoms. The molecule has 1 fully saturated rings. The van der Waals surface area contributed by atoms with Gasteiger partial charge in [-0.05, 0) is 42.0 Å². The fraction of sp³-hybridized carbons (Fsp3) is 0.250. The highest BCUT2D eigenvalue weighted by molar-refractivity contribution is 7.92. The van der Waals surface area contributed by atoms with Gasteiger partial charge in [-0.1, -0.05) is 23.7 Å². The maximum Gasteiger partial charge on any atom is 0.419 e. The molecule has 3 aromatic heterocycles. The predicted molar refractivity (Wildman–Crippen MR) is 132 cm³/mol. The number of sulfonamides is 1. The van der Waals surface area contributed by atoms with Gasteiger partial charge in [0.2, 0.25) is 0 Å². The number of hydrogen-bond donors (Lipinski definition) is 0. The quantitative estimate of drug-likeness (QED) is 0.311. The molecule has 5 rings (SSSR count). The highest BCUT2D eigenvalue weighted by atomic mass is 35.5. The van der Waals surface area contributed by atoms with E-state index in [2.05, 4.69) is 9.97 Å². The van der Waals surface area contributed by atoms with Crippen molar-refractivity contribution in [3.05, 3.63) is 83.0 Å². The Bertz CT molecular complexity index is 1570. The smallest absolute Gasteiger partial charge is 0.378 e. The van der Waals surface area contributed by atoms with Crippen LogP contribution in [0.3, 0.4) is 0 Å². The molecular weight excluding hydrogens is 550 g/mol. The summed E-state index contributed by atoms with van der Waals surface area (Å²) in [5.41, 5.74) is -1.15. The summed E-state index contributed by atoms with van der Waals surface area (Å²) in [6, 6.07) is 10.1. The van der Waals surface area contributed by atoms with E-state index >= 15 is 0 Å². The number of fused-ring (bicyclic) bond motifs is 1. The molecule has 1 aromatic carbocycles. The van der Waals surface area contributed by atoms with Crippen molar-refractivity contribution in [3.8, 4) is 0 Å². The number of morpholine rings is 1. The van der Waals surface area contributed by atoms with E-state index in [1.54, 1.807) is 30.5 Å². The molecule has 38 heavy (non-hydrogen) atoms. The first-order chi connectivity index (χ1) is 18.1. The number of halogens is 5. The fourth-order valence-electron chi connectivity index (χ4n) is 4.07. The van der Waals surface area contributed by atoms with Crippen molar-refractivity contribution in [1.82, 2.24) is 14.4 Å². The molecule has 4 aromatic rings. The third-order valence-electron chi connectivity index (χ3n) is 6.00. The number of rotatable bonds is 6. The summed E-state index contributed by atoms with van der Waals surface area (Å²) < 4.78 is 88.8. The second-order valence-corrected chi connectivity index (χ2v) is 10.7. The first kappa shape index (κ1) is 26.2. The second kappa shape index (κ2) is 10.0. The highest BCUT2D eigenvalue weighted by Gasteiger charge is 2.35. The van der Waals surface area contributed by atoms with E-state index in [4.69, 9.17) is 16.3 Å². The van der Waals surface area contributed by atoms with Crippen LogP contribution in [0.2, 0.25) is 5.15 Å². The van der Waals surface area contributed by atoms with E-state index in [-0.39, 0.29) is 21.4 Å². The van der Waals surface area contributed by atoms with Crippen molar-refractivity contribution >= 4 is 38.9 Å². The van der Waals surface area contributed by atoms with Gasteiger partial charge in [0.05, 0.1) is 25.3 Å². The predicted octanol–water partition coefficient (Wildman–Crippen LogP) is 4.77. The summed E-state index contributed by atoms with van der Waals surface area (Å²) in [7, 11) is -4.40. The molecule has 0 spiro atoms. The van der Waals surface area contributed by atoms with Crippen molar-refractivity contribution in [3.63, 3.8) is 0 Å². The van der Waals surface area contributed by atoms with Gasteiger partial charge in [0.1, 0.15) is 22.2 Å². The molecule has 0 unspecified atom stereocenters. The lowest BCUT2D eigenvalue weighted by molar-refractivity contribution is -0.140. The Morgan fingerprint density at radius 3 is 2.47 bits per heavy atom. The van der Waals surface area contributed by atoms with Crippen LogP contribution >= 0.6 is 11.6 Å². The summed E-state index contributed by atoms with van der Waals surface area (Å²) in [5, 5.41) is -0.0468. The van der Waals surface area contributed by atoms with Gasteiger partial charge in [0.25, 0.3) is 10.0 Å². The molecule has 1 aliphatic rings. The third kappa shape index (κ3) is 5.00. The topological polar surface area (TPSA) is 80.0 Å². The van der Waals surface area contributed by atoms with Crippen molar-refractivity contribution in [2.24, 2.45) is 0 Å². The van der Waals surface area contributed by atoms with Crippen molar-refractivity contribution in [2.75, 3.05) is 35.5 Å². The first-order valence-corrected chi connectivity index (χ1v) is 13.2. The molecule has 1 saturated heterocycles. The molecule has 0 atom stereocenters. The van der Waals surface area contributed by atoms with Gasteiger partial charge >= 0.3 is 6.18 Å². The normalized spacial score (nSPS) is 14.7. The van der Waals surface area contributed by atoms with Crippen LogP contribution in [0.5, 0.6) is 0 Å². The minimum absolute atomic E-state index is 0.0370. The number of imidazole rings is 1. The maximum absolute atomic E-state index is 14.3. The van der Waals surface area contributed by atoms with Crippen molar-refractivity contribution in [2.45, 2.75) is 17.6 Å². The fourth-order valence-corrected chi connectivity index (χ4v) is 5.76. The molecule has 200 valence electrons. The van der Waals surface area contributed by atoms with E-state index in [0.29, 0.717) is 49.9 Å². The Morgan fingerprint density at radius 1 is 1.08 bits per heavy atom. The summed E-state index contributed by atoms with van der Waals surface area (Å²) in [5.74, 6) is -1.13. The molecule has 0 bridgehead atoms. The van der Waals surface area contributed by atoms with Crippen LogP contribution in [0.25, 0.3) is 5.65 Å². The van der Waals surface area contributed by atoms with E-state index < -0.39 is 34.1 Å². The summed E-state index contributed by atoms with van der Waals surface area (Å²) >= 11 is 6.49. The SMILES string of the molecule is O=S(=O)(c1ccc(N2CCOCC2)nc1)N(Cc1ccc(C(F)(F)F)c(F)c1)c1nc2ccccn2c1Cl.